The maximum absolute atomic E-state index is 11.8. The molecule has 0 radical (unpaired) electrons. The van der Waals surface area contributed by atoms with E-state index >= 15 is 0 Å². The molecule has 1 fully saturated rings. The molecule has 0 saturated carbocycles. The molecule has 30 heavy (non-hydrogen) atoms. The van der Waals surface area contributed by atoms with Gasteiger partial charge in [0.1, 0.15) is 0 Å². The number of nitro groups is 1. The van der Waals surface area contributed by atoms with Crippen LogP contribution in [0.1, 0.15) is 30.9 Å². The predicted octanol–water partition coefficient (Wildman–Crippen LogP) is 3.59. The van der Waals surface area contributed by atoms with Crippen LogP contribution in [0.15, 0.2) is 53.5 Å². The van der Waals surface area contributed by atoms with Crippen LogP contribution in [0.2, 0.25) is 0 Å². The molecule has 2 aromatic carbocycles. The maximum atomic E-state index is 11.8. The average molecular weight is 523 g/mol. The van der Waals surface area contributed by atoms with E-state index in [1.54, 1.807) is 6.07 Å². The highest BCUT2D eigenvalue weighted by Crippen LogP contribution is 2.21. The van der Waals surface area contributed by atoms with Crippen LogP contribution in [-0.4, -0.2) is 29.9 Å². The van der Waals surface area contributed by atoms with Gasteiger partial charge in [-0.1, -0.05) is 24.3 Å². The number of halogens is 1. The number of hydrogen-bond donors (Lipinski definition) is 2. The van der Waals surface area contributed by atoms with Crippen molar-refractivity contribution in [1.82, 2.24) is 10.6 Å². The summed E-state index contributed by atoms with van der Waals surface area (Å²) >= 11 is 0. The fourth-order valence-electron chi connectivity index (χ4n) is 3.18. The first-order valence-electron chi connectivity index (χ1n) is 9.71. The summed E-state index contributed by atoms with van der Waals surface area (Å²) in [5.74, 6) is 0.816. The Kier molecular flexibility index (Phi) is 9.03. The standard InChI is InChI=1S/C21H25N5O3.HI/c1-2-22-21(24-15-17-5-3-6-19(13-17)26(28)29)23-14-16-8-10-18(11-9-16)25-12-4-7-20(25)27;/h3,5-6,8-11,13H,2,4,7,12,14-15H2,1H3,(H2,22,23,24);1H. The summed E-state index contributed by atoms with van der Waals surface area (Å²) in [5, 5.41) is 17.3. The Morgan fingerprint density at radius 1 is 1.17 bits per heavy atom. The number of aliphatic imine (C=N–C) groups is 1. The topological polar surface area (TPSA) is 99.9 Å². The molecular weight excluding hydrogens is 497 g/mol. The molecule has 0 atom stereocenters. The van der Waals surface area contributed by atoms with E-state index in [0.29, 0.717) is 32.0 Å². The number of nitrogens with one attached hydrogen (secondary N) is 2. The number of rotatable bonds is 7. The van der Waals surface area contributed by atoms with E-state index < -0.39 is 4.92 Å². The summed E-state index contributed by atoms with van der Waals surface area (Å²) in [4.78, 5) is 28.7. The van der Waals surface area contributed by atoms with Crippen molar-refractivity contribution >= 4 is 47.2 Å². The molecule has 0 aliphatic carbocycles. The van der Waals surface area contributed by atoms with Crippen molar-refractivity contribution in [2.75, 3.05) is 18.0 Å². The van der Waals surface area contributed by atoms with Gasteiger partial charge < -0.3 is 15.5 Å². The van der Waals surface area contributed by atoms with Crippen LogP contribution in [0.3, 0.4) is 0 Å². The molecule has 9 heteroatoms. The first-order valence-corrected chi connectivity index (χ1v) is 9.71. The molecular formula is C21H26IN5O3. The van der Waals surface area contributed by atoms with Crippen LogP contribution in [0, 0.1) is 10.1 Å². The lowest BCUT2D eigenvalue weighted by Gasteiger charge is -2.16. The zero-order chi connectivity index (χ0) is 20.6. The van der Waals surface area contributed by atoms with Gasteiger partial charge in [0, 0.05) is 43.9 Å². The molecule has 0 spiro atoms. The molecule has 1 saturated heterocycles. The fourth-order valence-corrected chi connectivity index (χ4v) is 3.18. The van der Waals surface area contributed by atoms with Crippen molar-refractivity contribution in [1.29, 1.82) is 0 Å². The van der Waals surface area contributed by atoms with Crippen molar-refractivity contribution in [2.45, 2.75) is 32.9 Å². The predicted molar refractivity (Wildman–Crippen MR) is 128 cm³/mol. The van der Waals surface area contributed by atoms with E-state index in [9.17, 15) is 14.9 Å². The molecule has 1 aliphatic rings. The van der Waals surface area contributed by atoms with Gasteiger partial charge in [0.2, 0.25) is 5.91 Å². The lowest BCUT2D eigenvalue weighted by atomic mass is 10.2. The van der Waals surface area contributed by atoms with Crippen molar-refractivity contribution < 1.29 is 9.72 Å². The largest absolute Gasteiger partial charge is 0.357 e. The van der Waals surface area contributed by atoms with Crippen molar-refractivity contribution in [2.24, 2.45) is 4.99 Å². The van der Waals surface area contributed by atoms with E-state index in [0.717, 1.165) is 29.8 Å². The second kappa shape index (κ2) is 11.5. The zero-order valence-electron chi connectivity index (χ0n) is 16.8. The van der Waals surface area contributed by atoms with Crippen LogP contribution in [0.4, 0.5) is 11.4 Å². The van der Waals surface area contributed by atoms with E-state index in [2.05, 4.69) is 15.6 Å². The number of amides is 1. The fraction of sp³-hybridized carbons (Fsp3) is 0.333. The number of non-ortho nitro benzene ring substituents is 1. The molecule has 1 amide bonds. The molecule has 0 aromatic heterocycles. The van der Waals surface area contributed by atoms with E-state index in [-0.39, 0.29) is 35.6 Å². The van der Waals surface area contributed by atoms with Gasteiger partial charge >= 0.3 is 0 Å². The Bertz CT molecular complexity index is 902. The van der Waals surface area contributed by atoms with Crippen LogP contribution in [-0.2, 0) is 17.9 Å². The van der Waals surface area contributed by atoms with Crippen LogP contribution >= 0.6 is 24.0 Å². The van der Waals surface area contributed by atoms with Crippen molar-refractivity contribution in [3.8, 4) is 0 Å². The second-order valence-corrected chi connectivity index (χ2v) is 6.79. The number of guanidine groups is 1. The maximum Gasteiger partial charge on any atom is 0.269 e. The number of hydrogen-bond acceptors (Lipinski definition) is 4. The molecule has 1 aliphatic heterocycles. The van der Waals surface area contributed by atoms with E-state index in [1.807, 2.05) is 42.2 Å². The minimum absolute atomic E-state index is 0. The normalized spacial score (nSPS) is 13.7. The van der Waals surface area contributed by atoms with Gasteiger partial charge in [-0.05, 0) is 36.6 Å². The molecule has 0 bridgehead atoms. The van der Waals surface area contributed by atoms with Crippen LogP contribution < -0.4 is 15.5 Å². The lowest BCUT2D eigenvalue weighted by molar-refractivity contribution is -0.384. The molecule has 0 unspecified atom stereocenters. The van der Waals surface area contributed by atoms with Gasteiger partial charge in [0.25, 0.3) is 5.69 Å². The summed E-state index contributed by atoms with van der Waals surface area (Å²) in [6, 6.07) is 14.4. The SMILES string of the molecule is CCNC(=NCc1cccc([N+](=O)[O-])c1)NCc1ccc(N2CCCC2=O)cc1.I. The quantitative estimate of drug-likeness (QED) is 0.190. The van der Waals surface area contributed by atoms with Gasteiger partial charge in [-0.15, -0.1) is 24.0 Å². The summed E-state index contributed by atoms with van der Waals surface area (Å²) < 4.78 is 0. The number of nitro benzene ring substituents is 1. The lowest BCUT2D eigenvalue weighted by Crippen LogP contribution is -2.36. The number of benzene rings is 2. The summed E-state index contributed by atoms with van der Waals surface area (Å²) in [5.41, 5.74) is 2.84. The van der Waals surface area contributed by atoms with Crippen LogP contribution in [0.5, 0.6) is 0 Å². The highest BCUT2D eigenvalue weighted by molar-refractivity contribution is 14.0. The number of carbonyl (C=O) groups is 1. The molecule has 160 valence electrons. The second-order valence-electron chi connectivity index (χ2n) is 6.79. The van der Waals surface area contributed by atoms with Gasteiger partial charge in [-0.3, -0.25) is 14.9 Å². The molecule has 8 nitrogen and oxygen atoms in total. The average Bonchev–Trinajstić information content (AvgIpc) is 3.16. The Hall–Kier alpha value is -2.69. The first kappa shape index (κ1) is 23.6. The Morgan fingerprint density at radius 3 is 2.57 bits per heavy atom. The Balaban J connectivity index is 0.00000320. The summed E-state index contributed by atoms with van der Waals surface area (Å²) in [7, 11) is 0. The number of nitrogens with zero attached hydrogens (tertiary/aromatic N) is 3. The van der Waals surface area contributed by atoms with Gasteiger partial charge in [0.05, 0.1) is 11.5 Å². The van der Waals surface area contributed by atoms with E-state index in [4.69, 9.17) is 0 Å². The third-order valence-corrected chi connectivity index (χ3v) is 4.67. The minimum atomic E-state index is -0.407. The monoisotopic (exact) mass is 523 g/mol. The van der Waals surface area contributed by atoms with Gasteiger partial charge in [0.15, 0.2) is 5.96 Å². The third kappa shape index (κ3) is 6.41. The molecule has 1 heterocycles. The molecule has 2 aromatic rings. The van der Waals surface area contributed by atoms with Crippen molar-refractivity contribution in [3.05, 3.63) is 69.8 Å². The smallest absolute Gasteiger partial charge is 0.269 e. The zero-order valence-corrected chi connectivity index (χ0v) is 19.2. The molecule has 3 rings (SSSR count). The third-order valence-electron chi connectivity index (χ3n) is 4.67. The molecule has 2 N–H and O–H groups in total. The summed E-state index contributed by atoms with van der Waals surface area (Å²) in [6.45, 7) is 4.39. The Morgan fingerprint density at radius 2 is 1.93 bits per heavy atom. The highest BCUT2D eigenvalue weighted by Gasteiger charge is 2.21. The highest BCUT2D eigenvalue weighted by atomic mass is 127. The first-order chi connectivity index (χ1) is 14.1. The van der Waals surface area contributed by atoms with Gasteiger partial charge in [-0.25, -0.2) is 4.99 Å². The van der Waals surface area contributed by atoms with E-state index in [1.165, 1.54) is 12.1 Å². The minimum Gasteiger partial charge on any atom is -0.357 e. The Labute approximate surface area is 192 Å². The van der Waals surface area contributed by atoms with Crippen LogP contribution in [0.25, 0.3) is 0 Å². The van der Waals surface area contributed by atoms with Crippen molar-refractivity contribution in [3.63, 3.8) is 0 Å². The van der Waals surface area contributed by atoms with Gasteiger partial charge in [-0.2, -0.15) is 0 Å². The number of anilines is 1. The summed E-state index contributed by atoms with van der Waals surface area (Å²) in [6.07, 6.45) is 1.53. The number of carbonyl (C=O) groups excluding carboxylic acids is 1.